The highest BCUT2D eigenvalue weighted by Crippen LogP contribution is 2.33. The number of hydrogen-bond donors (Lipinski definition) is 3. The fraction of sp³-hybridized carbons (Fsp3) is 0.333. The molecule has 3 N–H and O–H groups in total. The van der Waals surface area contributed by atoms with E-state index in [0.29, 0.717) is 48.1 Å². The predicted molar refractivity (Wildman–Crippen MR) is 113 cm³/mol. The van der Waals surface area contributed by atoms with Crippen LogP contribution in [0.3, 0.4) is 0 Å². The van der Waals surface area contributed by atoms with Gasteiger partial charge in [-0.15, -0.1) is 12.4 Å². The Kier molecular flexibility index (Phi) is 6.95. The Labute approximate surface area is 175 Å². The van der Waals surface area contributed by atoms with E-state index in [4.69, 9.17) is 9.47 Å². The van der Waals surface area contributed by atoms with Crippen LogP contribution in [0.4, 0.5) is 11.4 Å². The van der Waals surface area contributed by atoms with Crippen LogP contribution in [0.15, 0.2) is 42.5 Å². The summed E-state index contributed by atoms with van der Waals surface area (Å²) >= 11 is 0. The van der Waals surface area contributed by atoms with Crippen molar-refractivity contribution in [2.45, 2.75) is 25.3 Å². The third-order valence-corrected chi connectivity index (χ3v) is 4.84. The summed E-state index contributed by atoms with van der Waals surface area (Å²) < 4.78 is 11.0. The zero-order valence-electron chi connectivity index (χ0n) is 15.9. The van der Waals surface area contributed by atoms with Gasteiger partial charge in [0.2, 0.25) is 5.91 Å². The van der Waals surface area contributed by atoms with Gasteiger partial charge in [0.1, 0.15) is 13.2 Å². The van der Waals surface area contributed by atoms with Crippen LogP contribution in [0.1, 0.15) is 29.6 Å². The van der Waals surface area contributed by atoms with Crippen LogP contribution in [0.5, 0.6) is 11.5 Å². The van der Waals surface area contributed by atoms with Crippen molar-refractivity contribution in [3.63, 3.8) is 0 Å². The highest BCUT2D eigenvalue weighted by Gasteiger charge is 2.20. The lowest BCUT2D eigenvalue weighted by atomic mass is 10.1. The van der Waals surface area contributed by atoms with Gasteiger partial charge in [-0.05, 0) is 43.7 Å². The summed E-state index contributed by atoms with van der Waals surface area (Å²) in [6.07, 6.45) is 2.49. The molecule has 29 heavy (non-hydrogen) atoms. The lowest BCUT2D eigenvalue weighted by molar-refractivity contribution is -0.116. The van der Waals surface area contributed by atoms with E-state index in [9.17, 15) is 9.59 Å². The molecular formula is C21H24ClN3O4. The molecule has 0 aliphatic carbocycles. The maximum Gasteiger partial charge on any atom is 0.257 e. The minimum Gasteiger partial charge on any atom is -0.486 e. The molecule has 8 heteroatoms. The summed E-state index contributed by atoms with van der Waals surface area (Å²) in [4.78, 5) is 25.1. The number of carbonyl (C=O) groups excluding carboxylic acids is 2. The maximum atomic E-state index is 12.8. The minimum absolute atomic E-state index is 0. The number of carbonyl (C=O) groups is 2. The van der Waals surface area contributed by atoms with Crippen molar-refractivity contribution in [2.24, 2.45) is 0 Å². The topological polar surface area (TPSA) is 88.7 Å². The fourth-order valence-corrected chi connectivity index (χ4v) is 3.47. The molecule has 2 aromatic carbocycles. The molecule has 4 rings (SSSR count). The second-order valence-electron chi connectivity index (χ2n) is 6.90. The third kappa shape index (κ3) is 5.19. The number of benzene rings is 2. The summed E-state index contributed by atoms with van der Waals surface area (Å²) in [5.41, 5.74) is 1.51. The molecule has 2 amide bonds. The number of amides is 2. The summed E-state index contributed by atoms with van der Waals surface area (Å²) in [5, 5.41) is 9.03. The van der Waals surface area contributed by atoms with Crippen molar-refractivity contribution in [1.29, 1.82) is 0 Å². The molecular weight excluding hydrogens is 394 g/mol. The van der Waals surface area contributed by atoms with Gasteiger partial charge >= 0.3 is 0 Å². The zero-order chi connectivity index (χ0) is 19.3. The maximum absolute atomic E-state index is 12.8. The summed E-state index contributed by atoms with van der Waals surface area (Å²) in [6.45, 7) is 1.95. The third-order valence-electron chi connectivity index (χ3n) is 4.84. The van der Waals surface area contributed by atoms with Gasteiger partial charge in [-0.25, -0.2) is 0 Å². The van der Waals surface area contributed by atoms with E-state index in [2.05, 4.69) is 16.0 Å². The first-order valence-corrected chi connectivity index (χ1v) is 9.52. The average molecular weight is 418 g/mol. The van der Waals surface area contributed by atoms with Gasteiger partial charge in [-0.2, -0.15) is 0 Å². The Balaban J connectivity index is 0.00000240. The Morgan fingerprint density at radius 2 is 1.83 bits per heavy atom. The van der Waals surface area contributed by atoms with Crippen molar-refractivity contribution in [3.05, 3.63) is 48.0 Å². The first-order valence-electron chi connectivity index (χ1n) is 9.52. The molecule has 154 valence electrons. The van der Waals surface area contributed by atoms with Crippen LogP contribution in [0.2, 0.25) is 0 Å². The summed E-state index contributed by atoms with van der Waals surface area (Å²) in [5.74, 6) is 0.873. The van der Waals surface area contributed by atoms with E-state index in [1.807, 2.05) is 0 Å². The Hall–Kier alpha value is -2.77. The molecule has 2 heterocycles. The van der Waals surface area contributed by atoms with Gasteiger partial charge in [-0.3, -0.25) is 9.59 Å². The lowest BCUT2D eigenvalue weighted by Gasteiger charge is -2.19. The van der Waals surface area contributed by atoms with Crippen LogP contribution in [0.25, 0.3) is 0 Å². The van der Waals surface area contributed by atoms with Crippen molar-refractivity contribution in [1.82, 2.24) is 5.32 Å². The predicted octanol–water partition coefficient (Wildman–Crippen LogP) is 3.21. The lowest BCUT2D eigenvalue weighted by Crippen LogP contribution is -2.28. The van der Waals surface area contributed by atoms with Crippen molar-refractivity contribution in [3.8, 4) is 11.5 Å². The van der Waals surface area contributed by atoms with Gasteiger partial charge in [0, 0.05) is 24.2 Å². The van der Waals surface area contributed by atoms with E-state index in [-0.39, 0.29) is 30.3 Å². The molecule has 1 fully saturated rings. The number of para-hydroxylation sites is 1. The van der Waals surface area contributed by atoms with E-state index in [1.165, 1.54) is 0 Å². The minimum atomic E-state index is -0.299. The highest BCUT2D eigenvalue weighted by atomic mass is 35.5. The molecule has 0 bridgehead atoms. The SMILES string of the molecule is Cl.O=C(CC1CCCN1)Nc1ccccc1C(=O)Nc1ccc2c(c1)OCCO2. The number of anilines is 2. The van der Waals surface area contributed by atoms with E-state index in [0.717, 1.165) is 19.4 Å². The Morgan fingerprint density at radius 1 is 1.03 bits per heavy atom. The molecule has 1 unspecified atom stereocenters. The van der Waals surface area contributed by atoms with E-state index < -0.39 is 0 Å². The van der Waals surface area contributed by atoms with Crippen LogP contribution in [0, 0.1) is 0 Å². The number of hydrogen-bond acceptors (Lipinski definition) is 5. The molecule has 2 aromatic rings. The number of halogens is 1. The molecule has 1 atom stereocenters. The molecule has 1 saturated heterocycles. The first-order chi connectivity index (χ1) is 13.7. The van der Waals surface area contributed by atoms with Crippen molar-refractivity contribution < 1.29 is 19.1 Å². The number of ether oxygens (including phenoxy) is 2. The van der Waals surface area contributed by atoms with Gasteiger partial charge in [0.15, 0.2) is 11.5 Å². The highest BCUT2D eigenvalue weighted by molar-refractivity contribution is 6.10. The first kappa shape index (κ1) is 21.0. The van der Waals surface area contributed by atoms with Crippen LogP contribution in [-0.4, -0.2) is 37.6 Å². The Bertz CT molecular complexity index is 884. The van der Waals surface area contributed by atoms with Gasteiger partial charge in [-0.1, -0.05) is 12.1 Å². The molecule has 0 spiro atoms. The van der Waals surface area contributed by atoms with Crippen LogP contribution in [-0.2, 0) is 4.79 Å². The molecule has 0 radical (unpaired) electrons. The number of fused-ring (bicyclic) bond motifs is 1. The summed E-state index contributed by atoms with van der Waals surface area (Å²) in [6, 6.07) is 12.5. The second kappa shape index (κ2) is 9.62. The smallest absolute Gasteiger partial charge is 0.257 e. The molecule has 0 aromatic heterocycles. The zero-order valence-corrected chi connectivity index (χ0v) is 16.7. The van der Waals surface area contributed by atoms with Gasteiger partial charge in [0.25, 0.3) is 5.91 Å². The largest absolute Gasteiger partial charge is 0.486 e. The summed E-state index contributed by atoms with van der Waals surface area (Å²) in [7, 11) is 0. The van der Waals surface area contributed by atoms with Crippen molar-refractivity contribution >= 4 is 35.6 Å². The van der Waals surface area contributed by atoms with E-state index in [1.54, 1.807) is 42.5 Å². The molecule has 7 nitrogen and oxygen atoms in total. The van der Waals surface area contributed by atoms with Crippen LogP contribution < -0.4 is 25.4 Å². The molecule has 2 aliphatic heterocycles. The van der Waals surface area contributed by atoms with Gasteiger partial charge in [0.05, 0.1) is 11.3 Å². The molecule has 2 aliphatic rings. The monoisotopic (exact) mass is 417 g/mol. The standard InChI is InChI=1S/C21H23N3O4.ClH/c25-20(13-14-4-3-9-22-14)24-17-6-2-1-5-16(17)21(26)23-15-7-8-18-19(12-15)28-11-10-27-18;/h1-2,5-8,12,14,22H,3-4,9-11,13H2,(H,23,26)(H,24,25);1H. The quantitative estimate of drug-likeness (QED) is 0.695. The second-order valence-corrected chi connectivity index (χ2v) is 6.90. The van der Waals surface area contributed by atoms with E-state index >= 15 is 0 Å². The average Bonchev–Trinajstić information content (AvgIpc) is 3.21. The van der Waals surface area contributed by atoms with Crippen LogP contribution >= 0.6 is 12.4 Å². The molecule has 0 saturated carbocycles. The Morgan fingerprint density at radius 3 is 2.62 bits per heavy atom. The normalized spacial score (nSPS) is 17.2. The van der Waals surface area contributed by atoms with Gasteiger partial charge < -0.3 is 25.4 Å². The number of nitrogens with one attached hydrogen (secondary N) is 3. The fourth-order valence-electron chi connectivity index (χ4n) is 3.47. The number of rotatable bonds is 5. The van der Waals surface area contributed by atoms with Crippen molar-refractivity contribution in [2.75, 3.05) is 30.4 Å².